The fourth-order valence-corrected chi connectivity index (χ4v) is 4.01. The molecule has 0 aliphatic carbocycles. The number of nitrogens with two attached hydrogens (primary N) is 1. The molecule has 0 aliphatic rings. The first kappa shape index (κ1) is 24.1. The summed E-state index contributed by atoms with van der Waals surface area (Å²) in [5, 5.41) is 2.91. The van der Waals surface area contributed by atoms with E-state index in [-0.39, 0.29) is 5.91 Å². The van der Waals surface area contributed by atoms with Crippen LogP contribution in [0.4, 0.5) is 0 Å². The maximum absolute atomic E-state index is 12.7. The minimum absolute atomic E-state index is 0.133. The zero-order valence-corrected chi connectivity index (χ0v) is 20.3. The number of ether oxygens (including phenoxy) is 3. The van der Waals surface area contributed by atoms with E-state index in [4.69, 9.17) is 24.4 Å². The number of carbonyl (C=O) groups is 1. The Kier molecular flexibility index (Phi) is 7.22. The lowest BCUT2D eigenvalue weighted by atomic mass is 10.00. The number of aromatic nitrogens is 1. The molecular formula is C27H29N3O5. The van der Waals surface area contributed by atoms with Gasteiger partial charge in [-0.15, -0.1) is 0 Å². The Morgan fingerprint density at radius 3 is 2.40 bits per heavy atom. The Labute approximate surface area is 204 Å². The van der Waals surface area contributed by atoms with Gasteiger partial charge in [-0.25, -0.2) is 0 Å². The summed E-state index contributed by atoms with van der Waals surface area (Å²) >= 11 is 0. The molecule has 0 spiro atoms. The summed E-state index contributed by atoms with van der Waals surface area (Å²) in [6, 6.07) is 13.2. The number of methoxy groups -OCH3 is 3. The van der Waals surface area contributed by atoms with Crippen molar-refractivity contribution < 1.29 is 23.4 Å². The summed E-state index contributed by atoms with van der Waals surface area (Å²) in [6.07, 6.45) is 2.46. The molecule has 0 saturated carbocycles. The number of amides is 1. The first-order valence-corrected chi connectivity index (χ1v) is 11.3. The Morgan fingerprint density at radius 2 is 1.74 bits per heavy atom. The number of carbonyl (C=O) groups excluding carboxylic acids is 1. The third-order valence-electron chi connectivity index (χ3n) is 5.68. The van der Waals surface area contributed by atoms with Gasteiger partial charge in [0.25, 0.3) is 5.91 Å². The van der Waals surface area contributed by atoms with E-state index in [9.17, 15) is 4.79 Å². The third kappa shape index (κ3) is 4.93. The van der Waals surface area contributed by atoms with Crippen LogP contribution in [0.5, 0.6) is 17.2 Å². The van der Waals surface area contributed by atoms with Gasteiger partial charge in [0, 0.05) is 35.5 Å². The van der Waals surface area contributed by atoms with E-state index in [0.717, 1.165) is 28.7 Å². The van der Waals surface area contributed by atoms with E-state index in [0.29, 0.717) is 52.8 Å². The van der Waals surface area contributed by atoms with Gasteiger partial charge in [0.05, 0.1) is 21.3 Å². The summed E-state index contributed by atoms with van der Waals surface area (Å²) in [7, 11) is 4.70. The highest BCUT2D eigenvalue weighted by atomic mass is 16.5. The second-order valence-electron chi connectivity index (χ2n) is 8.08. The molecule has 2 heterocycles. The largest absolute Gasteiger partial charge is 0.493 e. The maximum Gasteiger partial charge on any atom is 0.251 e. The molecule has 182 valence electrons. The molecule has 2 aromatic carbocycles. The lowest BCUT2D eigenvalue weighted by molar-refractivity contribution is 0.0953. The average Bonchev–Trinajstić information content (AvgIpc) is 3.32. The molecule has 4 aromatic rings. The normalized spacial score (nSPS) is 10.9. The minimum Gasteiger partial charge on any atom is -0.493 e. The van der Waals surface area contributed by atoms with Gasteiger partial charge in [-0.3, -0.25) is 9.78 Å². The third-order valence-corrected chi connectivity index (χ3v) is 5.68. The number of benzene rings is 2. The van der Waals surface area contributed by atoms with E-state index in [1.165, 1.54) is 0 Å². The number of aryl methyl sites for hydroxylation is 1. The predicted octanol–water partition coefficient (Wildman–Crippen LogP) is 4.57. The smallest absolute Gasteiger partial charge is 0.251 e. The van der Waals surface area contributed by atoms with E-state index < -0.39 is 0 Å². The maximum atomic E-state index is 12.7. The van der Waals surface area contributed by atoms with Crippen LogP contribution in [0, 0.1) is 6.92 Å². The number of furan rings is 1. The van der Waals surface area contributed by atoms with Crippen LogP contribution in [0.25, 0.3) is 33.6 Å². The number of rotatable bonds is 9. The molecule has 0 radical (unpaired) electrons. The van der Waals surface area contributed by atoms with Crippen molar-refractivity contribution >= 4 is 17.0 Å². The number of hydrogen-bond acceptors (Lipinski definition) is 7. The monoisotopic (exact) mass is 475 g/mol. The summed E-state index contributed by atoms with van der Waals surface area (Å²) in [6.45, 7) is 3.03. The topological polar surface area (TPSA) is 109 Å². The van der Waals surface area contributed by atoms with Gasteiger partial charge in [-0.2, -0.15) is 0 Å². The van der Waals surface area contributed by atoms with Crippen LogP contribution < -0.4 is 25.3 Å². The van der Waals surface area contributed by atoms with Crippen molar-refractivity contribution in [1.29, 1.82) is 0 Å². The van der Waals surface area contributed by atoms with Crippen molar-refractivity contribution in [1.82, 2.24) is 10.3 Å². The van der Waals surface area contributed by atoms with Crippen LogP contribution in [0.15, 0.2) is 53.1 Å². The fraction of sp³-hybridized carbons (Fsp3) is 0.259. The molecular weight excluding hydrogens is 446 g/mol. The van der Waals surface area contributed by atoms with Gasteiger partial charge in [-0.1, -0.05) is 6.07 Å². The Hall–Kier alpha value is -4.04. The van der Waals surface area contributed by atoms with Gasteiger partial charge in [0.1, 0.15) is 11.3 Å². The average molecular weight is 476 g/mol. The van der Waals surface area contributed by atoms with E-state index in [1.54, 1.807) is 27.5 Å². The molecule has 1 amide bonds. The van der Waals surface area contributed by atoms with Gasteiger partial charge >= 0.3 is 0 Å². The van der Waals surface area contributed by atoms with Crippen LogP contribution in [-0.4, -0.2) is 45.3 Å². The number of pyridine rings is 1. The molecule has 35 heavy (non-hydrogen) atoms. The number of nitrogens with zero attached hydrogens (tertiary/aromatic N) is 1. The van der Waals surface area contributed by atoms with Crippen LogP contribution in [-0.2, 0) is 0 Å². The van der Waals surface area contributed by atoms with E-state index in [2.05, 4.69) is 10.3 Å². The van der Waals surface area contributed by atoms with Crippen molar-refractivity contribution in [3.05, 3.63) is 59.8 Å². The molecule has 2 aromatic heterocycles. The highest BCUT2D eigenvalue weighted by molar-refractivity contribution is 5.98. The fourth-order valence-electron chi connectivity index (χ4n) is 4.01. The standard InChI is InChI=1S/C27H29N3O5/c1-16-10-17(12-19(11-16)27(31)30-8-5-7-28)20-6-9-29-21-15-22(35-25(20)21)18-13-23(32-2)26(34-4)24(14-18)33-3/h6,9-15H,5,7-8,28H2,1-4H3,(H,30,31). The zero-order chi connectivity index (χ0) is 24.9. The van der Waals surface area contributed by atoms with Crippen LogP contribution in [0.1, 0.15) is 22.3 Å². The Morgan fingerprint density at radius 1 is 1.00 bits per heavy atom. The van der Waals surface area contributed by atoms with Gasteiger partial charge in [-0.05, 0) is 61.3 Å². The Balaban J connectivity index is 1.78. The number of fused-ring (bicyclic) bond motifs is 1. The molecule has 8 nitrogen and oxygen atoms in total. The molecule has 0 fully saturated rings. The summed E-state index contributed by atoms with van der Waals surface area (Å²) < 4.78 is 22.7. The van der Waals surface area contributed by atoms with Crippen molar-refractivity contribution in [2.24, 2.45) is 5.73 Å². The Bertz CT molecular complexity index is 1340. The molecule has 4 rings (SSSR count). The quantitative estimate of drug-likeness (QED) is 0.341. The van der Waals surface area contributed by atoms with Crippen LogP contribution >= 0.6 is 0 Å². The predicted molar refractivity (Wildman–Crippen MR) is 135 cm³/mol. The second-order valence-corrected chi connectivity index (χ2v) is 8.08. The zero-order valence-electron chi connectivity index (χ0n) is 20.3. The van der Waals surface area contributed by atoms with Gasteiger partial charge in [0.2, 0.25) is 5.75 Å². The van der Waals surface area contributed by atoms with Crippen molar-refractivity contribution in [3.8, 4) is 39.7 Å². The van der Waals surface area contributed by atoms with Crippen LogP contribution in [0.2, 0.25) is 0 Å². The number of hydrogen-bond donors (Lipinski definition) is 2. The molecule has 0 atom stereocenters. The number of nitrogens with one attached hydrogen (secondary N) is 1. The van der Waals surface area contributed by atoms with Gasteiger partial charge < -0.3 is 29.7 Å². The van der Waals surface area contributed by atoms with Crippen molar-refractivity contribution in [3.63, 3.8) is 0 Å². The molecule has 8 heteroatoms. The highest BCUT2D eigenvalue weighted by Crippen LogP contribution is 2.43. The van der Waals surface area contributed by atoms with Gasteiger partial charge in [0.15, 0.2) is 17.1 Å². The minimum atomic E-state index is -0.133. The second kappa shape index (κ2) is 10.5. The summed E-state index contributed by atoms with van der Waals surface area (Å²) in [4.78, 5) is 17.1. The van der Waals surface area contributed by atoms with Crippen LogP contribution in [0.3, 0.4) is 0 Å². The first-order chi connectivity index (χ1) is 17.0. The molecule has 0 saturated heterocycles. The van der Waals surface area contributed by atoms with E-state index in [1.807, 2.05) is 49.4 Å². The lowest BCUT2D eigenvalue weighted by Gasteiger charge is -2.13. The van der Waals surface area contributed by atoms with Crippen molar-refractivity contribution in [2.75, 3.05) is 34.4 Å². The highest BCUT2D eigenvalue weighted by Gasteiger charge is 2.19. The first-order valence-electron chi connectivity index (χ1n) is 11.3. The van der Waals surface area contributed by atoms with E-state index >= 15 is 0 Å². The lowest BCUT2D eigenvalue weighted by Crippen LogP contribution is -2.26. The molecule has 3 N–H and O–H groups in total. The SMILES string of the molecule is COc1cc(-c2cc3nccc(-c4cc(C)cc(C(=O)NCCCN)c4)c3o2)cc(OC)c1OC. The summed E-state index contributed by atoms with van der Waals surface area (Å²) in [5.41, 5.74) is 10.9. The summed E-state index contributed by atoms with van der Waals surface area (Å²) in [5.74, 6) is 2.03. The molecule has 0 bridgehead atoms. The van der Waals surface area contributed by atoms with Crippen molar-refractivity contribution in [2.45, 2.75) is 13.3 Å². The molecule has 0 aliphatic heterocycles. The molecule has 0 unspecified atom stereocenters.